The Morgan fingerprint density at radius 1 is 1.19 bits per heavy atom. The van der Waals surface area contributed by atoms with Crippen LogP contribution < -0.4 is 0 Å². The number of aromatic hydroxyl groups is 2. The molecular weight excluding hydrogens is 268 g/mol. The van der Waals surface area contributed by atoms with Gasteiger partial charge in [-0.15, -0.1) is 0 Å². The molecule has 0 spiro atoms. The van der Waals surface area contributed by atoms with Crippen LogP contribution >= 0.6 is 0 Å². The number of phenolic OH excluding ortho intramolecular Hbond substituents is 2. The molecule has 0 aliphatic rings. The lowest BCUT2D eigenvalue weighted by Crippen LogP contribution is -2.14. The Bertz CT molecular complexity index is 635. The summed E-state index contributed by atoms with van der Waals surface area (Å²) < 4.78 is 4.83. The minimum Gasteiger partial charge on any atom is -0.508 e. The Hall–Kier alpha value is -2.49. The lowest BCUT2D eigenvalue weighted by Gasteiger charge is -2.19. The van der Waals surface area contributed by atoms with E-state index in [9.17, 15) is 15.0 Å². The lowest BCUT2D eigenvalue weighted by molar-refractivity contribution is -0.142. The molecule has 1 atom stereocenters. The largest absolute Gasteiger partial charge is 0.508 e. The highest BCUT2D eigenvalue weighted by molar-refractivity contribution is 5.85. The van der Waals surface area contributed by atoms with Gasteiger partial charge >= 0.3 is 5.97 Å². The number of hydrogen-bond donors (Lipinski definition) is 2. The first-order chi connectivity index (χ1) is 10.1. The fourth-order valence-corrected chi connectivity index (χ4v) is 2.48. The second-order valence-electron chi connectivity index (χ2n) is 4.78. The molecule has 4 heteroatoms. The molecule has 0 aromatic heterocycles. The van der Waals surface area contributed by atoms with Gasteiger partial charge in [-0.25, -0.2) is 0 Å². The number of phenols is 2. The van der Waals surface area contributed by atoms with Crippen molar-refractivity contribution in [2.24, 2.45) is 0 Å². The molecule has 0 aliphatic heterocycles. The van der Waals surface area contributed by atoms with Crippen molar-refractivity contribution in [3.8, 4) is 22.6 Å². The maximum atomic E-state index is 12.0. The number of hydrogen-bond acceptors (Lipinski definition) is 4. The monoisotopic (exact) mass is 286 g/mol. The van der Waals surface area contributed by atoms with Crippen molar-refractivity contribution >= 4 is 5.97 Å². The number of ether oxygens (including phenoxy) is 1. The van der Waals surface area contributed by atoms with E-state index in [2.05, 4.69) is 0 Å². The summed E-state index contributed by atoms with van der Waals surface area (Å²) in [6.45, 7) is 1.86. The third-order valence-corrected chi connectivity index (χ3v) is 3.46. The Morgan fingerprint density at radius 2 is 1.86 bits per heavy atom. The Balaban J connectivity index is 2.67. The Kier molecular flexibility index (Phi) is 4.48. The third-order valence-electron chi connectivity index (χ3n) is 3.46. The number of benzene rings is 2. The molecule has 2 N–H and O–H groups in total. The zero-order valence-corrected chi connectivity index (χ0v) is 12.0. The number of carbonyl (C=O) groups excluding carboxylic acids is 1. The second-order valence-corrected chi connectivity index (χ2v) is 4.78. The maximum absolute atomic E-state index is 12.0. The van der Waals surface area contributed by atoms with E-state index in [1.165, 1.54) is 19.2 Å². The number of carbonyl (C=O) groups is 1. The number of methoxy groups -OCH3 is 1. The van der Waals surface area contributed by atoms with Crippen LogP contribution in [0.2, 0.25) is 0 Å². The van der Waals surface area contributed by atoms with E-state index in [0.29, 0.717) is 17.5 Å². The van der Waals surface area contributed by atoms with Crippen molar-refractivity contribution in [2.75, 3.05) is 7.11 Å². The summed E-state index contributed by atoms with van der Waals surface area (Å²) in [6, 6.07) is 12.1. The molecule has 2 aromatic rings. The first-order valence-corrected chi connectivity index (χ1v) is 6.77. The number of esters is 1. The van der Waals surface area contributed by atoms with Crippen LogP contribution in [0.3, 0.4) is 0 Å². The molecule has 0 amide bonds. The smallest absolute Gasteiger partial charge is 0.313 e. The van der Waals surface area contributed by atoms with Crippen molar-refractivity contribution < 1.29 is 19.7 Å². The topological polar surface area (TPSA) is 66.8 Å². The van der Waals surface area contributed by atoms with Crippen LogP contribution in [0, 0.1) is 0 Å². The normalized spacial score (nSPS) is 11.9. The summed E-state index contributed by atoms with van der Waals surface area (Å²) in [4.78, 5) is 12.0. The Morgan fingerprint density at radius 3 is 2.43 bits per heavy atom. The SMILES string of the molecule is CCC(C(=O)OC)c1cc(O)cc(O)c1-c1ccccc1. The van der Waals surface area contributed by atoms with E-state index in [0.717, 1.165) is 5.56 Å². The van der Waals surface area contributed by atoms with E-state index in [1.54, 1.807) is 0 Å². The van der Waals surface area contributed by atoms with Crippen molar-refractivity contribution in [3.05, 3.63) is 48.0 Å². The van der Waals surface area contributed by atoms with Crippen molar-refractivity contribution in [2.45, 2.75) is 19.3 Å². The predicted molar refractivity (Wildman–Crippen MR) is 80.3 cm³/mol. The zero-order valence-electron chi connectivity index (χ0n) is 12.0. The van der Waals surface area contributed by atoms with Gasteiger partial charge in [0.05, 0.1) is 13.0 Å². The average molecular weight is 286 g/mol. The summed E-state index contributed by atoms with van der Waals surface area (Å²) >= 11 is 0. The van der Waals surface area contributed by atoms with Gasteiger partial charge in [0.15, 0.2) is 0 Å². The van der Waals surface area contributed by atoms with E-state index in [1.807, 2.05) is 37.3 Å². The van der Waals surface area contributed by atoms with Gasteiger partial charge in [0.2, 0.25) is 0 Å². The fraction of sp³-hybridized carbons (Fsp3) is 0.235. The van der Waals surface area contributed by atoms with Crippen LogP contribution in [0.5, 0.6) is 11.5 Å². The highest BCUT2D eigenvalue weighted by Gasteiger charge is 2.25. The van der Waals surface area contributed by atoms with Crippen molar-refractivity contribution in [3.63, 3.8) is 0 Å². The summed E-state index contributed by atoms with van der Waals surface area (Å²) in [7, 11) is 1.33. The molecule has 0 saturated carbocycles. The van der Waals surface area contributed by atoms with Gasteiger partial charge in [-0.05, 0) is 23.6 Å². The first kappa shape index (κ1) is 14.9. The van der Waals surface area contributed by atoms with Gasteiger partial charge in [0.1, 0.15) is 11.5 Å². The van der Waals surface area contributed by atoms with E-state index in [-0.39, 0.29) is 17.5 Å². The standard InChI is InChI=1S/C17H18O4/c1-3-13(17(20)21-2)14-9-12(18)10-15(19)16(14)11-7-5-4-6-8-11/h4-10,13,18-19H,3H2,1-2H3. The van der Waals surface area contributed by atoms with Gasteiger partial charge in [-0.3, -0.25) is 4.79 Å². The van der Waals surface area contributed by atoms with Crippen LogP contribution in [0.15, 0.2) is 42.5 Å². The van der Waals surface area contributed by atoms with Gasteiger partial charge in [-0.1, -0.05) is 37.3 Å². The molecule has 0 saturated heterocycles. The second kappa shape index (κ2) is 6.31. The molecule has 0 radical (unpaired) electrons. The Labute approximate surface area is 123 Å². The van der Waals surface area contributed by atoms with E-state index in [4.69, 9.17) is 4.74 Å². The fourth-order valence-electron chi connectivity index (χ4n) is 2.48. The van der Waals surface area contributed by atoms with Crippen molar-refractivity contribution in [1.82, 2.24) is 0 Å². The predicted octanol–water partition coefficient (Wildman–Crippen LogP) is 3.43. The summed E-state index contributed by atoms with van der Waals surface area (Å²) in [5, 5.41) is 20.0. The quantitative estimate of drug-likeness (QED) is 0.845. The highest BCUT2D eigenvalue weighted by Crippen LogP contribution is 2.40. The van der Waals surface area contributed by atoms with Gasteiger partial charge in [0, 0.05) is 11.6 Å². The molecule has 21 heavy (non-hydrogen) atoms. The summed E-state index contributed by atoms with van der Waals surface area (Å²) in [5.74, 6) is -1.06. The zero-order chi connectivity index (χ0) is 15.4. The molecule has 0 fully saturated rings. The van der Waals surface area contributed by atoms with E-state index < -0.39 is 5.92 Å². The minimum absolute atomic E-state index is 0.0569. The van der Waals surface area contributed by atoms with Crippen LogP contribution in [-0.4, -0.2) is 23.3 Å². The van der Waals surface area contributed by atoms with E-state index >= 15 is 0 Å². The summed E-state index contributed by atoms with van der Waals surface area (Å²) in [6.07, 6.45) is 0.509. The molecule has 0 aliphatic carbocycles. The number of rotatable bonds is 4. The van der Waals surface area contributed by atoms with Crippen LogP contribution in [0.25, 0.3) is 11.1 Å². The molecular formula is C17H18O4. The molecule has 4 nitrogen and oxygen atoms in total. The summed E-state index contributed by atoms with van der Waals surface area (Å²) in [5.41, 5.74) is 1.89. The minimum atomic E-state index is -0.539. The molecule has 2 rings (SSSR count). The van der Waals surface area contributed by atoms with Gasteiger partial charge < -0.3 is 14.9 Å². The molecule has 1 unspecified atom stereocenters. The maximum Gasteiger partial charge on any atom is 0.313 e. The highest BCUT2D eigenvalue weighted by atomic mass is 16.5. The van der Waals surface area contributed by atoms with Gasteiger partial charge in [-0.2, -0.15) is 0 Å². The first-order valence-electron chi connectivity index (χ1n) is 6.77. The van der Waals surface area contributed by atoms with Crippen LogP contribution in [0.1, 0.15) is 24.8 Å². The average Bonchev–Trinajstić information content (AvgIpc) is 2.48. The van der Waals surface area contributed by atoms with Gasteiger partial charge in [0.25, 0.3) is 0 Å². The van der Waals surface area contributed by atoms with Crippen molar-refractivity contribution in [1.29, 1.82) is 0 Å². The molecule has 110 valence electrons. The third kappa shape index (κ3) is 2.99. The van der Waals surface area contributed by atoms with Crippen LogP contribution in [0.4, 0.5) is 0 Å². The molecule has 0 bridgehead atoms. The lowest BCUT2D eigenvalue weighted by atomic mass is 9.88. The van der Waals surface area contributed by atoms with Crippen LogP contribution in [-0.2, 0) is 9.53 Å². The molecule has 0 heterocycles. The molecule has 2 aromatic carbocycles.